The number of nitrogens with zero attached hydrogens (tertiary/aromatic N) is 4. The Labute approximate surface area is 121 Å². The Morgan fingerprint density at radius 3 is 2.65 bits per heavy atom. The number of ketones is 1. The summed E-state index contributed by atoms with van der Waals surface area (Å²) in [6, 6.07) is 7.22. The lowest BCUT2D eigenvalue weighted by Gasteiger charge is -2.29. The van der Waals surface area contributed by atoms with Crippen LogP contribution in [0.25, 0.3) is 0 Å². The van der Waals surface area contributed by atoms with Gasteiger partial charge in [-0.3, -0.25) is 4.79 Å². The second kappa shape index (κ2) is 4.83. The highest BCUT2D eigenvalue weighted by Crippen LogP contribution is 2.35. The fraction of sp³-hybridized carbons (Fsp3) is 0.286. The molecule has 2 atom stereocenters. The van der Waals surface area contributed by atoms with Crippen molar-refractivity contribution in [2.45, 2.75) is 19.9 Å². The summed E-state index contributed by atoms with van der Waals surface area (Å²) < 4.78 is 1.70. The van der Waals surface area contributed by atoms with E-state index < -0.39 is 0 Å². The van der Waals surface area contributed by atoms with Crippen LogP contribution in [0.15, 0.2) is 35.6 Å². The summed E-state index contributed by atoms with van der Waals surface area (Å²) in [5.74, 6) is 0.262. The number of carbonyl (C=O) groups excluding carboxylic acids is 1. The Morgan fingerprint density at radius 2 is 2.00 bits per heavy atom. The molecule has 0 amide bonds. The Bertz CT molecular complexity index is 689. The van der Waals surface area contributed by atoms with E-state index in [-0.39, 0.29) is 17.7 Å². The molecule has 5 nitrogen and oxygen atoms in total. The number of halogens is 1. The molecule has 1 aliphatic heterocycles. The quantitative estimate of drug-likeness (QED) is 0.854. The summed E-state index contributed by atoms with van der Waals surface area (Å²) in [4.78, 5) is 20.5. The lowest BCUT2D eigenvalue weighted by atomic mass is 9.86. The SMILES string of the molecule is CC(=O)C1C(C)=Nc2ncnn2C1c1ccc(Cl)cc1. The standard InChI is InChI=1S/C14H13ClN4O/c1-8-12(9(2)20)13(10-3-5-11(15)6-4-10)19-14(18-8)16-7-17-19/h3-7,12-13H,1-2H3. The van der Waals surface area contributed by atoms with Crippen LogP contribution in [-0.2, 0) is 4.79 Å². The first-order chi connectivity index (χ1) is 9.58. The molecule has 0 N–H and O–H groups in total. The van der Waals surface area contributed by atoms with Gasteiger partial charge >= 0.3 is 0 Å². The van der Waals surface area contributed by atoms with Crippen molar-refractivity contribution in [3.05, 3.63) is 41.2 Å². The van der Waals surface area contributed by atoms with Crippen molar-refractivity contribution in [2.24, 2.45) is 10.9 Å². The molecule has 0 saturated carbocycles. The van der Waals surface area contributed by atoms with Gasteiger partial charge in [-0.2, -0.15) is 10.1 Å². The normalized spacial score (nSPS) is 21.2. The third kappa shape index (κ3) is 2.04. The third-order valence-corrected chi connectivity index (χ3v) is 3.76. The number of Topliss-reactive ketones (excluding diaryl/α,β-unsaturated/α-hetero) is 1. The summed E-state index contributed by atoms with van der Waals surface area (Å²) in [6.45, 7) is 3.43. The predicted molar refractivity (Wildman–Crippen MR) is 76.6 cm³/mol. The maximum Gasteiger partial charge on any atom is 0.248 e. The van der Waals surface area contributed by atoms with Crippen molar-refractivity contribution in [2.75, 3.05) is 0 Å². The lowest BCUT2D eigenvalue weighted by Crippen LogP contribution is -2.34. The highest BCUT2D eigenvalue weighted by Gasteiger charge is 2.36. The second-order valence-corrected chi connectivity index (χ2v) is 5.28. The molecule has 0 spiro atoms. The van der Waals surface area contributed by atoms with Gasteiger partial charge in [-0.05, 0) is 31.5 Å². The first-order valence-electron chi connectivity index (χ1n) is 6.28. The highest BCUT2D eigenvalue weighted by atomic mass is 35.5. The van der Waals surface area contributed by atoms with E-state index in [0.29, 0.717) is 11.0 Å². The summed E-state index contributed by atoms with van der Waals surface area (Å²) in [7, 11) is 0. The lowest BCUT2D eigenvalue weighted by molar-refractivity contribution is -0.119. The van der Waals surface area contributed by atoms with Gasteiger partial charge in [0.15, 0.2) is 0 Å². The molecular weight excluding hydrogens is 276 g/mol. The van der Waals surface area contributed by atoms with E-state index in [2.05, 4.69) is 15.1 Å². The van der Waals surface area contributed by atoms with Crippen LogP contribution >= 0.6 is 11.6 Å². The summed E-state index contributed by atoms with van der Waals surface area (Å²) in [5, 5.41) is 4.88. The van der Waals surface area contributed by atoms with Crippen molar-refractivity contribution in [1.29, 1.82) is 0 Å². The van der Waals surface area contributed by atoms with Crippen molar-refractivity contribution in [1.82, 2.24) is 14.8 Å². The van der Waals surface area contributed by atoms with Gasteiger partial charge in [-0.15, -0.1) is 0 Å². The topological polar surface area (TPSA) is 60.1 Å². The average molecular weight is 289 g/mol. The number of fused-ring (bicyclic) bond motifs is 1. The van der Waals surface area contributed by atoms with Crippen LogP contribution in [-0.4, -0.2) is 26.3 Å². The second-order valence-electron chi connectivity index (χ2n) is 4.84. The molecule has 1 aromatic heterocycles. The maximum absolute atomic E-state index is 12.0. The Hall–Kier alpha value is -2.01. The number of hydrogen-bond donors (Lipinski definition) is 0. The maximum atomic E-state index is 12.0. The number of benzene rings is 1. The van der Waals surface area contributed by atoms with Crippen molar-refractivity contribution in [3.63, 3.8) is 0 Å². The zero-order valence-electron chi connectivity index (χ0n) is 11.1. The molecule has 102 valence electrons. The Morgan fingerprint density at radius 1 is 1.30 bits per heavy atom. The average Bonchev–Trinajstić information content (AvgIpc) is 2.85. The Balaban J connectivity index is 2.16. The molecule has 2 unspecified atom stereocenters. The van der Waals surface area contributed by atoms with E-state index in [1.54, 1.807) is 11.6 Å². The van der Waals surface area contributed by atoms with Gasteiger partial charge < -0.3 is 0 Å². The van der Waals surface area contributed by atoms with E-state index in [4.69, 9.17) is 11.6 Å². The van der Waals surface area contributed by atoms with Gasteiger partial charge in [0.25, 0.3) is 0 Å². The summed E-state index contributed by atoms with van der Waals surface area (Å²) in [5.41, 5.74) is 1.73. The zero-order valence-corrected chi connectivity index (χ0v) is 11.9. The molecule has 0 aliphatic carbocycles. The molecule has 3 rings (SSSR count). The molecule has 0 radical (unpaired) electrons. The van der Waals surface area contributed by atoms with E-state index in [9.17, 15) is 4.79 Å². The van der Waals surface area contributed by atoms with Gasteiger partial charge in [-0.25, -0.2) is 9.67 Å². The first kappa shape index (κ1) is 13.0. The molecule has 0 fully saturated rings. The molecule has 0 bridgehead atoms. The van der Waals surface area contributed by atoms with Crippen LogP contribution in [0.4, 0.5) is 5.95 Å². The van der Waals surface area contributed by atoms with E-state index in [1.807, 2.05) is 31.2 Å². The van der Waals surface area contributed by atoms with Crippen LogP contribution < -0.4 is 0 Å². The molecule has 2 heterocycles. The number of aliphatic imine (C=N–C) groups is 1. The molecule has 6 heteroatoms. The largest absolute Gasteiger partial charge is 0.299 e. The van der Waals surface area contributed by atoms with Gasteiger partial charge in [-0.1, -0.05) is 23.7 Å². The third-order valence-electron chi connectivity index (χ3n) is 3.51. The molecular formula is C14H13ClN4O. The fourth-order valence-electron chi connectivity index (χ4n) is 2.63. The number of aromatic nitrogens is 3. The van der Waals surface area contributed by atoms with Gasteiger partial charge in [0, 0.05) is 10.7 Å². The number of hydrogen-bond acceptors (Lipinski definition) is 4. The van der Waals surface area contributed by atoms with Crippen molar-refractivity contribution >= 4 is 29.0 Å². The van der Waals surface area contributed by atoms with Crippen molar-refractivity contribution in [3.8, 4) is 0 Å². The number of carbonyl (C=O) groups is 1. The smallest absolute Gasteiger partial charge is 0.248 e. The summed E-state index contributed by atoms with van der Waals surface area (Å²) >= 11 is 5.93. The molecule has 0 saturated heterocycles. The molecule has 1 aromatic carbocycles. The van der Waals surface area contributed by atoms with Crippen LogP contribution in [0.5, 0.6) is 0 Å². The first-order valence-corrected chi connectivity index (χ1v) is 6.66. The summed E-state index contributed by atoms with van der Waals surface area (Å²) in [6.07, 6.45) is 1.46. The highest BCUT2D eigenvalue weighted by molar-refractivity contribution is 6.30. The van der Waals surface area contributed by atoms with Crippen LogP contribution in [0.1, 0.15) is 25.5 Å². The van der Waals surface area contributed by atoms with Crippen LogP contribution in [0.3, 0.4) is 0 Å². The van der Waals surface area contributed by atoms with Crippen LogP contribution in [0.2, 0.25) is 5.02 Å². The van der Waals surface area contributed by atoms with Crippen LogP contribution in [0, 0.1) is 5.92 Å². The monoisotopic (exact) mass is 288 g/mol. The predicted octanol–water partition coefficient (Wildman–Crippen LogP) is 2.83. The van der Waals surface area contributed by atoms with Crippen molar-refractivity contribution < 1.29 is 4.79 Å². The fourth-order valence-corrected chi connectivity index (χ4v) is 2.75. The number of rotatable bonds is 2. The van der Waals surface area contributed by atoms with E-state index in [0.717, 1.165) is 11.3 Å². The van der Waals surface area contributed by atoms with E-state index in [1.165, 1.54) is 6.33 Å². The minimum atomic E-state index is -0.328. The van der Waals surface area contributed by atoms with Gasteiger partial charge in [0.2, 0.25) is 5.95 Å². The molecule has 1 aliphatic rings. The molecule has 2 aromatic rings. The van der Waals surface area contributed by atoms with Gasteiger partial charge in [0.1, 0.15) is 12.1 Å². The minimum absolute atomic E-state index is 0.0624. The minimum Gasteiger partial charge on any atom is -0.299 e. The van der Waals surface area contributed by atoms with E-state index >= 15 is 0 Å². The van der Waals surface area contributed by atoms with Gasteiger partial charge in [0.05, 0.1) is 12.0 Å². The Kier molecular flexibility index (Phi) is 3.14. The molecule has 20 heavy (non-hydrogen) atoms. The zero-order chi connectivity index (χ0) is 14.3.